The average Bonchev–Trinajstić information content (AvgIpc) is 2.95. The van der Waals surface area contributed by atoms with Gasteiger partial charge >= 0.3 is 0 Å². The van der Waals surface area contributed by atoms with Crippen molar-refractivity contribution in [2.75, 3.05) is 0 Å². The molecule has 0 aliphatic heterocycles. The van der Waals surface area contributed by atoms with Crippen molar-refractivity contribution in [1.82, 2.24) is 4.98 Å². The lowest BCUT2D eigenvalue weighted by molar-refractivity contribution is 0.280. The van der Waals surface area contributed by atoms with Crippen LogP contribution in [0.1, 0.15) is 42.1 Å². The quantitative estimate of drug-likeness (QED) is 0.907. The van der Waals surface area contributed by atoms with Gasteiger partial charge in [-0.25, -0.2) is 4.98 Å². The molecule has 0 atom stereocenters. The molecule has 110 valence electrons. The Labute approximate surface area is 125 Å². The van der Waals surface area contributed by atoms with Crippen LogP contribution in [0, 0.1) is 0 Å². The molecule has 0 saturated carbocycles. The molecular formula is C18H21NO2. The molecule has 0 spiro atoms. The van der Waals surface area contributed by atoms with Gasteiger partial charge in [0, 0.05) is 11.8 Å². The van der Waals surface area contributed by atoms with Crippen LogP contribution in [0.25, 0.3) is 0 Å². The fourth-order valence-electron chi connectivity index (χ4n) is 2.88. The highest BCUT2D eigenvalue weighted by atomic mass is 16.5. The highest BCUT2D eigenvalue weighted by Gasteiger charge is 2.12. The smallest absolute Gasteiger partial charge is 0.219 e. The molecule has 0 unspecified atom stereocenters. The summed E-state index contributed by atoms with van der Waals surface area (Å²) in [5.41, 5.74) is 4.65. The predicted octanol–water partition coefficient (Wildman–Crippen LogP) is 3.81. The average molecular weight is 283 g/mol. The lowest BCUT2D eigenvalue weighted by Gasteiger charge is -2.10. The molecule has 1 N–H and O–H groups in total. The van der Waals surface area contributed by atoms with Crippen LogP contribution in [-0.4, -0.2) is 10.1 Å². The SMILES string of the molecule is CCCc1cc(CO)cc(Oc2ccc3c(c2)CCC3)n1. The second-order valence-electron chi connectivity index (χ2n) is 5.60. The molecule has 0 fully saturated rings. The Hall–Kier alpha value is -1.87. The Morgan fingerprint density at radius 1 is 1.14 bits per heavy atom. The summed E-state index contributed by atoms with van der Waals surface area (Å²) in [5.74, 6) is 1.41. The van der Waals surface area contributed by atoms with E-state index in [0.717, 1.165) is 36.3 Å². The van der Waals surface area contributed by atoms with Crippen LogP contribution >= 0.6 is 0 Å². The number of rotatable bonds is 5. The van der Waals surface area contributed by atoms with Gasteiger partial charge in [-0.15, -0.1) is 0 Å². The summed E-state index contributed by atoms with van der Waals surface area (Å²) in [6.45, 7) is 2.13. The first kappa shape index (κ1) is 14.1. The van der Waals surface area contributed by atoms with Gasteiger partial charge < -0.3 is 9.84 Å². The lowest BCUT2D eigenvalue weighted by atomic mass is 10.1. The fraction of sp³-hybridized carbons (Fsp3) is 0.389. The number of aromatic nitrogens is 1. The van der Waals surface area contributed by atoms with E-state index in [2.05, 4.69) is 24.0 Å². The highest BCUT2D eigenvalue weighted by Crippen LogP contribution is 2.28. The number of nitrogens with zero attached hydrogens (tertiary/aromatic N) is 1. The molecule has 1 aromatic carbocycles. The zero-order chi connectivity index (χ0) is 14.7. The Bertz CT molecular complexity index is 637. The summed E-state index contributed by atoms with van der Waals surface area (Å²) in [6, 6.07) is 10.0. The minimum Gasteiger partial charge on any atom is -0.439 e. The number of hydrogen-bond acceptors (Lipinski definition) is 3. The second kappa shape index (κ2) is 6.27. The first-order valence-electron chi connectivity index (χ1n) is 7.69. The maximum Gasteiger partial charge on any atom is 0.219 e. The van der Waals surface area contributed by atoms with Gasteiger partial charge in [-0.1, -0.05) is 19.4 Å². The zero-order valence-electron chi connectivity index (χ0n) is 12.4. The molecular weight excluding hydrogens is 262 g/mol. The first-order chi connectivity index (χ1) is 10.3. The van der Waals surface area contributed by atoms with Crippen LogP contribution in [0.2, 0.25) is 0 Å². The van der Waals surface area contributed by atoms with Gasteiger partial charge in [-0.2, -0.15) is 0 Å². The molecule has 2 aromatic rings. The second-order valence-corrected chi connectivity index (χ2v) is 5.60. The van der Waals surface area contributed by atoms with E-state index >= 15 is 0 Å². The Morgan fingerprint density at radius 2 is 2.00 bits per heavy atom. The molecule has 3 nitrogen and oxygen atoms in total. The van der Waals surface area contributed by atoms with Crippen LogP contribution in [-0.2, 0) is 25.9 Å². The molecule has 1 aliphatic rings. The van der Waals surface area contributed by atoms with E-state index < -0.39 is 0 Å². The lowest BCUT2D eigenvalue weighted by Crippen LogP contribution is -1.97. The molecule has 0 bridgehead atoms. The summed E-state index contributed by atoms with van der Waals surface area (Å²) in [5, 5.41) is 9.36. The molecule has 1 aromatic heterocycles. The van der Waals surface area contributed by atoms with E-state index in [1.165, 1.54) is 24.0 Å². The zero-order valence-corrected chi connectivity index (χ0v) is 12.4. The monoisotopic (exact) mass is 283 g/mol. The number of benzene rings is 1. The maximum absolute atomic E-state index is 9.36. The summed E-state index contributed by atoms with van der Waals surface area (Å²) in [7, 11) is 0. The van der Waals surface area contributed by atoms with Crippen molar-refractivity contribution in [3.63, 3.8) is 0 Å². The maximum atomic E-state index is 9.36. The van der Waals surface area contributed by atoms with E-state index in [4.69, 9.17) is 4.74 Å². The van der Waals surface area contributed by atoms with Gasteiger partial charge in [0.25, 0.3) is 0 Å². The standard InChI is InChI=1S/C18H21NO2/c1-2-4-16-9-13(12-20)10-18(19-16)21-17-8-7-14-5-3-6-15(14)11-17/h7-11,20H,2-6,12H2,1H3. The van der Waals surface area contributed by atoms with Gasteiger partial charge in [0.1, 0.15) is 5.75 Å². The number of aliphatic hydroxyl groups excluding tert-OH is 1. The van der Waals surface area contributed by atoms with Gasteiger partial charge in [0.05, 0.1) is 6.61 Å². The van der Waals surface area contributed by atoms with Crippen molar-refractivity contribution in [1.29, 1.82) is 0 Å². The summed E-state index contributed by atoms with van der Waals surface area (Å²) in [6.07, 6.45) is 5.47. The number of hydrogen-bond donors (Lipinski definition) is 1. The molecule has 21 heavy (non-hydrogen) atoms. The van der Waals surface area contributed by atoms with E-state index in [9.17, 15) is 5.11 Å². The van der Waals surface area contributed by atoms with Crippen molar-refractivity contribution in [3.8, 4) is 11.6 Å². The van der Waals surface area contributed by atoms with Crippen LogP contribution in [0.5, 0.6) is 11.6 Å². The van der Waals surface area contributed by atoms with Crippen LogP contribution < -0.4 is 4.74 Å². The molecule has 1 aliphatic carbocycles. The molecule has 0 saturated heterocycles. The summed E-state index contributed by atoms with van der Waals surface area (Å²) < 4.78 is 5.91. The topological polar surface area (TPSA) is 42.4 Å². The normalized spacial score (nSPS) is 13.2. The van der Waals surface area contributed by atoms with Crippen molar-refractivity contribution in [3.05, 3.63) is 52.7 Å². The number of aliphatic hydroxyl groups is 1. The third-order valence-corrected chi connectivity index (χ3v) is 3.90. The summed E-state index contributed by atoms with van der Waals surface area (Å²) >= 11 is 0. The van der Waals surface area contributed by atoms with E-state index in [-0.39, 0.29) is 6.61 Å². The van der Waals surface area contributed by atoms with Crippen LogP contribution in [0.3, 0.4) is 0 Å². The number of aryl methyl sites for hydroxylation is 3. The number of fused-ring (bicyclic) bond motifs is 1. The van der Waals surface area contributed by atoms with Gasteiger partial charge in [0.2, 0.25) is 5.88 Å². The minimum atomic E-state index is 0.0137. The minimum absolute atomic E-state index is 0.0137. The number of pyridine rings is 1. The molecule has 3 rings (SSSR count). The molecule has 3 heteroatoms. The van der Waals surface area contributed by atoms with E-state index in [1.54, 1.807) is 0 Å². The van der Waals surface area contributed by atoms with Crippen molar-refractivity contribution >= 4 is 0 Å². The predicted molar refractivity (Wildman–Crippen MR) is 82.7 cm³/mol. The fourth-order valence-corrected chi connectivity index (χ4v) is 2.88. The third kappa shape index (κ3) is 3.24. The largest absolute Gasteiger partial charge is 0.439 e. The molecule has 1 heterocycles. The van der Waals surface area contributed by atoms with E-state index in [1.807, 2.05) is 18.2 Å². The van der Waals surface area contributed by atoms with Gasteiger partial charge in [0.15, 0.2) is 0 Å². The first-order valence-corrected chi connectivity index (χ1v) is 7.69. The molecule has 0 amide bonds. The van der Waals surface area contributed by atoms with Gasteiger partial charge in [-0.05, 0) is 60.6 Å². The van der Waals surface area contributed by atoms with E-state index in [0.29, 0.717) is 5.88 Å². The Morgan fingerprint density at radius 3 is 2.81 bits per heavy atom. The van der Waals surface area contributed by atoms with Gasteiger partial charge in [-0.3, -0.25) is 0 Å². The van der Waals surface area contributed by atoms with Crippen molar-refractivity contribution in [2.24, 2.45) is 0 Å². The highest BCUT2D eigenvalue weighted by molar-refractivity contribution is 5.40. The van der Waals surface area contributed by atoms with Crippen molar-refractivity contribution in [2.45, 2.75) is 45.6 Å². The summed E-state index contributed by atoms with van der Waals surface area (Å²) in [4.78, 5) is 4.53. The van der Waals surface area contributed by atoms with Crippen LogP contribution in [0.4, 0.5) is 0 Å². The third-order valence-electron chi connectivity index (χ3n) is 3.90. The van der Waals surface area contributed by atoms with Crippen LogP contribution in [0.15, 0.2) is 30.3 Å². The molecule has 0 radical (unpaired) electrons. The Balaban J connectivity index is 1.85. The van der Waals surface area contributed by atoms with Crippen molar-refractivity contribution < 1.29 is 9.84 Å². The number of ether oxygens (including phenoxy) is 1. The Kier molecular flexibility index (Phi) is 4.20.